The molecule has 0 N–H and O–H groups in total. The van der Waals surface area contributed by atoms with E-state index in [4.69, 9.17) is 0 Å². The van der Waals surface area contributed by atoms with E-state index < -0.39 is 35.5 Å². The Kier molecular flexibility index (Phi) is 4.94. The number of rotatable bonds is 4. The zero-order valence-electron chi connectivity index (χ0n) is 11.2. The van der Waals surface area contributed by atoms with Crippen LogP contribution in [0.15, 0.2) is 18.2 Å². The minimum atomic E-state index is -6.09. The van der Waals surface area contributed by atoms with Crippen molar-refractivity contribution in [1.29, 1.82) is 0 Å². The lowest BCUT2D eigenvalue weighted by Gasteiger charge is -2.18. The Morgan fingerprint density at radius 1 is 1.00 bits per heavy atom. The van der Waals surface area contributed by atoms with E-state index in [2.05, 4.69) is 14.2 Å². The van der Waals surface area contributed by atoms with Crippen LogP contribution in [0.3, 0.4) is 0 Å². The van der Waals surface area contributed by atoms with Crippen molar-refractivity contribution in [3.8, 4) is 11.5 Å². The largest absolute Gasteiger partial charge is 0.493 e. The first-order valence-electron chi connectivity index (χ1n) is 5.47. The van der Waals surface area contributed by atoms with Gasteiger partial charge < -0.3 is 14.2 Å². The van der Waals surface area contributed by atoms with Gasteiger partial charge in [-0.3, -0.25) is 0 Å². The maximum atomic E-state index is 12.8. The second kappa shape index (κ2) is 6.16. The fourth-order valence-corrected chi connectivity index (χ4v) is 1.28. The van der Waals surface area contributed by atoms with Crippen molar-refractivity contribution in [1.82, 2.24) is 0 Å². The van der Waals surface area contributed by atoms with E-state index in [1.807, 2.05) is 0 Å². The molecular weight excluding hydrogens is 319 g/mol. The molecule has 0 aliphatic heterocycles. The van der Waals surface area contributed by atoms with Crippen LogP contribution in [0.1, 0.15) is 10.4 Å². The Morgan fingerprint density at radius 3 is 2.05 bits per heavy atom. The molecule has 1 aromatic carbocycles. The summed E-state index contributed by atoms with van der Waals surface area (Å²) in [5.74, 6) is -10.4. The molecule has 0 fully saturated rings. The molecule has 10 heteroatoms. The lowest BCUT2D eigenvalue weighted by atomic mass is 10.2. The normalized spacial score (nSPS) is 11.8. The van der Waals surface area contributed by atoms with Crippen molar-refractivity contribution in [3.05, 3.63) is 23.8 Å². The second-order valence-corrected chi connectivity index (χ2v) is 3.82. The molecule has 0 aliphatic rings. The predicted octanol–water partition coefficient (Wildman–Crippen LogP) is 2.58. The van der Waals surface area contributed by atoms with Gasteiger partial charge in [-0.25, -0.2) is 9.59 Å². The highest BCUT2D eigenvalue weighted by molar-refractivity contribution is 5.90. The lowest BCUT2D eigenvalue weighted by molar-refractivity contribution is -0.276. The van der Waals surface area contributed by atoms with Crippen molar-refractivity contribution < 1.29 is 45.8 Å². The molecule has 0 aliphatic carbocycles. The minimum Gasteiger partial charge on any atom is -0.493 e. The SMILES string of the molecule is COC(=O)c1ccc(OC(=O)C(F)(F)C(F)(F)F)c(OC)c1. The molecule has 1 rings (SSSR count). The molecule has 0 aromatic heterocycles. The summed E-state index contributed by atoms with van der Waals surface area (Å²) in [4.78, 5) is 22.2. The monoisotopic (exact) mass is 328 g/mol. The number of ether oxygens (including phenoxy) is 3. The molecule has 1 aromatic rings. The van der Waals surface area contributed by atoms with E-state index in [0.717, 1.165) is 32.4 Å². The summed E-state index contributed by atoms with van der Waals surface area (Å²) < 4.78 is 74.8. The van der Waals surface area contributed by atoms with Crippen LogP contribution in [0.25, 0.3) is 0 Å². The van der Waals surface area contributed by atoms with Crippen molar-refractivity contribution in [2.45, 2.75) is 12.1 Å². The van der Waals surface area contributed by atoms with Crippen LogP contribution in [0.2, 0.25) is 0 Å². The van der Waals surface area contributed by atoms with Crippen molar-refractivity contribution in [2.75, 3.05) is 14.2 Å². The van der Waals surface area contributed by atoms with Gasteiger partial charge in [-0.15, -0.1) is 0 Å². The summed E-state index contributed by atoms with van der Waals surface area (Å²) in [7, 11) is 2.11. The smallest absolute Gasteiger partial charge is 0.465 e. The maximum absolute atomic E-state index is 12.8. The van der Waals surface area contributed by atoms with E-state index in [1.165, 1.54) is 0 Å². The topological polar surface area (TPSA) is 61.8 Å². The summed E-state index contributed by atoms with van der Waals surface area (Å²) in [6.07, 6.45) is -6.09. The fourth-order valence-electron chi connectivity index (χ4n) is 1.28. The number of hydrogen-bond donors (Lipinski definition) is 0. The predicted molar refractivity (Wildman–Crippen MR) is 61.0 cm³/mol. The zero-order valence-corrected chi connectivity index (χ0v) is 11.2. The van der Waals surface area contributed by atoms with Crippen LogP contribution in [0.5, 0.6) is 11.5 Å². The number of carbonyl (C=O) groups is 2. The van der Waals surface area contributed by atoms with E-state index in [0.29, 0.717) is 0 Å². The number of halogens is 5. The van der Waals surface area contributed by atoms with Gasteiger partial charge >= 0.3 is 24.0 Å². The molecule has 0 bridgehead atoms. The standard InChI is InChI=1S/C12H9F5O5/c1-20-8-5-6(9(18)21-2)3-4-7(8)22-10(19)11(13,14)12(15,16)17/h3-5H,1-2H3. The van der Waals surface area contributed by atoms with Crippen LogP contribution in [0, 0.1) is 0 Å². The average Bonchev–Trinajstić information content (AvgIpc) is 2.45. The number of esters is 2. The van der Waals surface area contributed by atoms with Gasteiger partial charge in [0, 0.05) is 0 Å². The third-order valence-corrected chi connectivity index (χ3v) is 2.40. The minimum absolute atomic E-state index is 0.0817. The van der Waals surface area contributed by atoms with E-state index >= 15 is 0 Å². The highest BCUT2D eigenvalue weighted by Gasteiger charge is 2.65. The van der Waals surface area contributed by atoms with Gasteiger partial charge in [0.25, 0.3) is 0 Å². The summed E-state index contributed by atoms with van der Waals surface area (Å²) in [5, 5.41) is 0. The van der Waals surface area contributed by atoms with Crippen LogP contribution in [0.4, 0.5) is 22.0 Å². The third-order valence-electron chi connectivity index (χ3n) is 2.40. The summed E-state index contributed by atoms with van der Waals surface area (Å²) in [6.45, 7) is 0. The molecule has 0 atom stereocenters. The summed E-state index contributed by atoms with van der Waals surface area (Å²) in [5.41, 5.74) is -0.0817. The van der Waals surface area contributed by atoms with Crippen molar-refractivity contribution in [2.24, 2.45) is 0 Å². The zero-order chi connectivity index (χ0) is 17.1. The summed E-state index contributed by atoms with van der Waals surface area (Å²) >= 11 is 0. The number of hydrogen-bond acceptors (Lipinski definition) is 5. The number of methoxy groups -OCH3 is 2. The Balaban J connectivity index is 3.09. The van der Waals surface area contributed by atoms with Gasteiger partial charge in [-0.2, -0.15) is 22.0 Å². The fraction of sp³-hybridized carbons (Fsp3) is 0.333. The lowest BCUT2D eigenvalue weighted by Crippen LogP contribution is -2.46. The van der Waals surface area contributed by atoms with Gasteiger partial charge in [-0.05, 0) is 18.2 Å². The first-order chi connectivity index (χ1) is 10.0. The Hall–Kier alpha value is -2.39. The molecule has 0 heterocycles. The maximum Gasteiger partial charge on any atom is 0.465 e. The Morgan fingerprint density at radius 2 is 1.59 bits per heavy atom. The molecule has 0 spiro atoms. The van der Waals surface area contributed by atoms with Crippen LogP contribution < -0.4 is 9.47 Å². The average molecular weight is 328 g/mol. The van der Waals surface area contributed by atoms with Crippen LogP contribution in [-0.2, 0) is 9.53 Å². The molecule has 122 valence electrons. The molecule has 0 saturated carbocycles. The van der Waals surface area contributed by atoms with Gasteiger partial charge in [0.15, 0.2) is 11.5 Å². The molecule has 0 saturated heterocycles. The van der Waals surface area contributed by atoms with E-state index in [1.54, 1.807) is 0 Å². The molecule has 5 nitrogen and oxygen atoms in total. The summed E-state index contributed by atoms with van der Waals surface area (Å²) in [6, 6.07) is 2.79. The Bertz CT molecular complexity index is 582. The third kappa shape index (κ3) is 3.43. The quantitative estimate of drug-likeness (QED) is 0.483. The van der Waals surface area contributed by atoms with Gasteiger partial charge in [0.05, 0.1) is 19.8 Å². The number of carbonyl (C=O) groups excluding carboxylic acids is 2. The molecular formula is C12H9F5O5. The van der Waals surface area contributed by atoms with Crippen molar-refractivity contribution in [3.63, 3.8) is 0 Å². The van der Waals surface area contributed by atoms with E-state index in [9.17, 15) is 31.5 Å². The number of alkyl halides is 5. The van der Waals surface area contributed by atoms with E-state index in [-0.39, 0.29) is 5.56 Å². The first-order valence-corrected chi connectivity index (χ1v) is 5.47. The molecule has 0 unspecified atom stereocenters. The Labute approximate surface area is 120 Å². The van der Waals surface area contributed by atoms with Gasteiger partial charge in [0.1, 0.15) is 0 Å². The number of benzene rings is 1. The second-order valence-electron chi connectivity index (χ2n) is 3.82. The van der Waals surface area contributed by atoms with Crippen molar-refractivity contribution >= 4 is 11.9 Å². The van der Waals surface area contributed by atoms with Gasteiger partial charge in [-0.1, -0.05) is 0 Å². The van der Waals surface area contributed by atoms with Crippen LogP contribution >= 0.6 is 0 Å². The highest BCUT2D eigenvalue weighted by Crippen LogP contribution is 2.38. The first kappa shape index (κ1) is 17.7. The molecule has 22 heavy (non-hydrogen) atoms. The molecule has 0 radical (unpaired) electrons. The highest BCUT2D eigenvalue weighted by atomic mass is 19.4. The van der Waals surface area contributed by atoms with Crippen LogP contribution in [-0.4, -0.2) is 38.3 Å². The van der Waals surface area contributed by atoms with Gasteiger partial charge in [0.2, 0.25) is 0 Å². The molecule has 0 amide bonds.